The Labute approximate surface area is 152 Å². The van der Waals surface area contributed by atoms with Crippen LogP contribution in [0.4, 0.5) is 4.39 Å². The van der Waals surface area contributed by atoms with Gasteiger partial charge in [0.2, 0.25) is 0 Å². The number of carbonyl (C=O) groups excluding carboxylic acids is 1. The summed E-state index contributed by atoms with van der Waals surface area (Å²) in [5, 5.41) is 6.35. The number of hydrogen-bond acceptors (Lipinski definition) is 3. The van der Waals surface area contributed by atoms with Crippen molar-refractivity contribution in [3.63, 3.8) is 0 Å². The average molecular weight is 358 g/mol. The third-order valence-corrected chi connectivity index (χ3v) is 3.58. The molecule has 4 N–H and O–H groups in total. The van der Waals surface area contributed by atoms with E-state index in [9.17, 15) is 9.18 Å². The van der Waals surface area contributed by atoms with Gasteiger partial charge in [0, 0.05) is 20.1 Å². The Hall–Kier alpha value is -3.09. The van der Waals surface area contributed by atoms with Crippen LogP contribution in [0, 0.1) is 5.82 Å². The van der Waals surface area contributed by atoms with E-state index in [1.807, 2.05) is 18.2 Å². The molecule has 7 heteroatoms. The van der Waals surface area contributed by atoms with Crippen LogP contribution in [0.2, 0.25) is 0 Å². The highest BCUT2D eigenvalue weighted by molar-refractivity contribution is 5.79. The minimum atomic E-state index is -0.504. The van der Waals surface area contributed by atoms with E-state index in [-0.39, 0.29) is 12.4 Å². The molecule has 0 aliphatic heterocycles. The number of aliphatic imine (C=N–C) groups is 1. The van der Waals surface area contributed by atoms with E-state index in [0.717, 1.165) is 17.5 Å². The van der Waals surface area contributed by atoms with Crippen molar-refractivity contribution in [2.45, 2.75) is 13.0 Å². The van der Waals surface area contributed by atoms with Crippen molar-refractivity contribution in [1.82, 2.24) is 10.6 Å². The molecule has 0 radical (unpaired) electrons. The van der Waals surface area contributed by atoms with Crippen LogP contribution < -0.4 is 21.1 Å². The summed E-state index contributed by atoms with van der Waals surface area (Å²) in [4.78, 5) is 14.8. The number of primary amides is 1. The quantitative estimate of drug-likeness (QED) is 0.494. The van der Waals surface area contributed by atoms with E-state index in [2.05, 4.69) is 15.6 Å². The van der Waals surface area contributed by atoms with Crippen LogP contribution >= 0.6 is 0 Å². The lowest BCUT2D eigenvalue weighted by Crippen LogP contribution is -2.37. The summed E-state index contributed by atoms with van der Waals surface area (Å²) < 4.78 is 18.4. The van der Waals surface area contributed by atoms with Crippen molar-refractivity contribution in [3.8, 4) is 5.75 Å². The lowest BCUT2D eigenvalue weighted by Gasteiger charge is -2.12. The van der Waals surface area contributed by atoms with Crippen molar-refractivity contribution in [3.05, 3.63) is 65.5 Å². The Morgan fingerprint density at radius 2 is 1.92 bits per heavy atom. The molecule has 0 aliphatic carbocycles. The maximum atomic E-state index is 13.2. The molecule has 0 unspecified atom stereocenters. The van der Waals surface area contributed by atoms with Crippen molar-refractivity contribution >= 4 is 11.9 Å². The van der Waals surface area contributed by atoms with Gasteiger partial charge in [-0.15, -0.1) is 0 Å². The third kappa shape index (κ3) is 6.80. The Morgan fingerprint density at radius 3 is 2.58 bits per heavy atom. The first-order valence-corrected chi connectivity index (χ1v) is 8.26. The Bertz CT molecular complexity index is 747. The van der Waals surface area contributed by atoms with Gasteiger partial charge in [0.15, 0.2) is 12.6 Å². The molecule has 0 atom stereocenters. The zero-order valence-electron chi connectivity index (χ0n) is 14.7. The number of halogens is 1. The van der Waals surface area contributed by atoms with Crippen LogP contribution in [0.5, 0.6) is 5.75 Å². The molecule has 2 rings (SSSR count). The summed E-state index contributed by atoms with van der Waals surface area (Å²) in [6.07, 6.45) is 0.788. The van der Waals surface area contributed by atoms with Crippen LogP contribution in [0.25, 0.3) is 0 Å². The summed E-state index contributed by atoms with van der Waals surface area (Å²) in [5.74, 6) is 0.495. The summed E-state index contributed by atoms with van der Waals surface area (Å²) in [6, 6.07) is 13.9. The zero-order valence-corrected chi connectivity index (χ0v) is 14.7. The summed E-state index contributed by atoms with van der Waals surface area (Å²) in [6.45, 7) is 1.04. The molecule has 6 nitrogen and oxygen atoms in total. The molecule has 0 saturated heterocycles. The van der Waals surface area contributed by atoms with Gasteiger partial charge in [-0.1, -0.05) is 24.3 Å². The number of amides is 1. The first-order valence-electron chi connectivity index (χ1n) is 8.26. The van der Waals surface area contributed by atoms with Gasteiger partial charge in [-0.05, 0) is 41.8 Å². The van der Waals surface area contributed by atoms with Crippen LogP contribution in [-0.4, -0.2) is 32.1 Å². The zero-order chi connectivity index (χ0) is 18.8. The standard InChI is InChI=1S/C19H23FN4O2/c1-22-19(24-12-15-3-2-4-16(20)11-15)23-10-9-14-5-7-17(8-6-14)26-13-18(21)25/h2-8,11H,9-10,12-13H2,1H3,(H2,21,25)(H2,22,23,24). The molecule has 26 heavy (non-hydrogen) atoms. The van der Waals surface area contributed by atoms with E-state index in [1.54, 1.807) is 25.2 Å². The first-order chi connectivity index (χ1) is 12.6. The number of carbonyl (C=O) groups is 1. The number of nitrogens with one attached hydrogen (secondary N) is 2. The molecule has 1 amide bonds. The number of nitrogens with two attached hydrogens (primary N) is 1. The lowest BCUT2D eigenvalue weighted by atomic mass is 10.1. The van der Waals surface area contributed by atoms with E-state index in [1.165, 1.54) is 12.1 Å². The molecule has 0 aliphatic rings. The number of guanidine groups is 1. The predicted octanol–water partition coefficient (Wildman–Crippen LogP) is 1.60. The molecule has 0 saturated carbocycles. The van der Waals surface area contributed by atoms with Crippen LogP contribution in [0.15, 0.2) is 53.5 Å². The van der Waals surface area contributed by atoms with Crippen molar-refractivity contribution in [2.75, 3.05) is 20.2 Å². The van der Waals surface area contributed by atoms with Crippen molar-refractivity contribution in [1.29, 1.82) is 0 Å². The average Bonchev–Trinajstić information content (AvgIpc) is 2.64. The Morgan fingerprint density at radius 1 is 1.15 bits per heavy atom. The number of nitrogens with zero attached hydrogens (tertiary/aromatic N) is 1. The summed E-state index contributed by atoms with van der Waals surface area (Å²) in [7, 11) is 1.69. The lowest BCUT2D eigenvalue weighted by molar-refractivity contribution is -0.119. The second kappa shape index (κ2) is 10.0. The van der Waals surface area contributed by atoms with Gasteiger partial charge in [0.25, 0.3) is 5.91 Å². The van der Waals surface area contributed by atoms with E-state index < -0.39 is 5.91 Å². The number of rotatable bonds is 8. The van der Waals surface area contributed by atoms with E-state index >= 15 is 0 Å². The molecular formula is C19H23FN4O2. The summed E-state index contributed by atoms with van der Waals surface area (Å²) in [5.41, 5.74) is 7.00. The molecule has 0 fully saturated rings. The summed E-state index contributed by atoms with van der Waals surface area (Å²) >= 11 is 0. The second-order valence-corrected chi connectivity index (χ2v) is 5.63. The third-order valence-electron chi connectivity index (χ3n) is 3.58. The number of ether oxygens (including phenoxy) is 1. The minimum Gasteiger partial charge on any atom is -0.484 e. The van der Waals surface area contributed by atoms with Crippen LogP contribution in [0.3, 0.4) is 0 Å². The smallest absolute Gasteiger partial charge is 0.255 e. The minimum absolute atomic E-state index is 0.131. The Balaban J connectivity index is 1.74. The van der Waals surface area contributed by atoms with E-state index in [0.29, 0.717) is 24.8 Å². The van der Waals surface area contributed by atoms with Gasteiger partial charge in [0.05, 0.1) is 0 Å². The monoisotopic (exact) mass is 358 g/mol. The molecule has 0 bridgehead atoms. The molecule has 0 aromatic heterocycles. The van der Waals surface area contributed by atoms with Gasteiger partial charge in [-0.2, -0.15) is 0 Å². The largest absolute Gasteiger partial charge is 0.484 e. The normalized spacial score (nSPS) is 11.1. The Kier molecular flexibility index (Phi) is 7.42. The van der Waals surface area contributed by atoms with Crippen molar-refractivity contribution < 1.29 is 13.9 Å². The number of hydrogen-bond donors (Lipinski definition) is 3. The fraction of sp³-hybridized carbons (Fsp3) is 0.263. The molecule has 2 aromatic rings. The fourth-order valence-electron chi connectivity index (χ4n) is 2.29. The molecule has 0 heterocycles. The van der Waals surface area contributed by atoms with Gasteiger partial charge in [-0.3, -0.25) is 9.79 Å². The highest BCUT2D eigenvalue weighted by Gasteiger charge is 2.01. The molecule has 138 valence electrons. The van der Waals surface area contributed by atoms with E-state index in [4.69, 9.17) is 10.5 Å². The SMILES string of the molecule is CN=C(NCCc1ccc(OCC(N)=O)cc1)NCc1cccc(F)c1. The van der Waals surface area contributed by atoms with Gasteiger partial charge >= 0.3 is 0 Å². The van der Waals surface area contributed by atoms with Crippen LogP contribution in [0.1, 0.15) is 11.1 Å². The predicted molar refractivity (Wildman–Crippen MR) is 99.4 cm³/mol. The van der Waals surface area contributed by atoms with Crippen molar-refractivity contribution in [2.24, 2.45) is 10.7 Å². The van der Waals surface area contributed by atoms with Gasteiger partial charge in [0.1, 0.15) is 11.6 Å². The fourth-order valence-corrected chi connectivity index (χ4v) is 2.29. The van der Waals surface area contributed by atoms with Gasteiger partial charge < -0.3 is 21.1 Å². The maximum Gasteiger partial charge on any atom is 0.255 e. The highest BCUT2D eigenvalue weighted by Crippen LogP contribution is 2.12. The maximum absolute atomic E-state index is 13.2. The molecule has 2 aromatic carbocycles. The second-order valence-electron chi connectivity index (χ2n) is 5.63. The number of benzene rings is 2. The topological polar surface area (TPSA) is 88.7 Å². The van der Waals surface area contributed by atoms with Crippen LogP contribution in [-0.2, 0) is 17.8 Å². The molecule has 0 spiro atoms. The highest BCUT2D eigenvalue weighted by atomic mass is 19.1. The van der Waals surface area contributed by atoms with Gasteiger partial charge in [-0.25, -0.2) is 4.39 Å². The first kappa shape index (κ1) is 19.2. The molecular weight excluding hydrogens is 335 g/mol.